The van der Waals surface area contributed by atoms with E-state index >= 15 is 0 Å². The van der Waals surface area contributed by atoms with E-state index in [4.69, 9.17) is 14.7 Å². The maximum atomic E-state index is 13.6. The smallest absolute Gasteiger partial charge is 0.407 e. The summed E-state index contributed by atoms with van der Waals surface area (Å²) in [5, 5.41) is 4.83. The van der Waals surface area contributed by atoms with Crippen LogP contribution in [0.4, 0.5) is 4.79 Å². The largest absolute Gasteiger partial charge is 0.453 e. The summed E-state index contributed by atoms with van der Waals surface area (Å²) < 4.78 is 4.78. The third-order valence-electron chi connectivity index (χ3n) is 11.1. The van der Waals surface area contributed by atoms with Gasteiger partial charge in [-0.3, -0.25) is 9.59 Å². The Morgan fingerprint density at radius 3 is 1.98 bits per heavy atom. The van der Waals surface area contributed by atoms with Crippen molar-refractivity contribution in [1.29, 1.82) is 0 Å². The maximum Gasteiger partial charge on any atom is 0.407 e. The van der Waals surface area contributed by atoms with E-state index in [1.807, 2.05) is 36.8 Å². The second-order valence-corrected chi connectivity index (χ2v) is 15.0. The summed E-state index contributed by atoms with van der Waals surface area (Å²) in [4.78, 5) is 59.5. The first-order valence-electron chi connectivity index (χ1n) is 18.6. The molecule has 0 aliphatic carbocycles. The lowest BCUT2D eigenvalue weighted by atomic mass is 9.96. The lowest BCUT2D eigenvalue weighted by Gasteiger charge is -2.29. The number of carbonyl (C=O) groups excluding carboxylic acids is 3. The van der Waals surface area contributed by atoms with Gasteiger partial charge in [0.1, 0.15) is 17.7 Å². The molecule has 7 rings (SSSR count). The van der Waals surface area contributed by atoms with Crippen LogP contribution < -0.4 is 5.32 Å². The fourth-order valence-corrected chi connectivity index (χ4v) is 7.71. The van der Waals surface area contributed by atoms with E-state index in [1.165, 1.54) is 7.11 Å². The van der Waals surface area contributed by atoms with E-state index in [2.05, 4.69) is 83.7 Å². The minimum Gasteiger partial charge on any atom is -0.453 e. The zero-order valence-electron chi connectivity index (χ0n) is 32.9. The number of aromatic amines is 2. The van der Waals surface area contributed by atoms with Crippen LogP contribution in [0.2, 0.25) is 0 Å². The third kappa shape index (κ3) is 9.16. The summed E-state index contributed by atoms with van der Waals surface area (Å²) in [6.45, 7) is 11.4. The molecule has 0 unspecified atom stereocenters. The minimum absolute atomic E-state index is 0. The van der Waals surface area contributed by atoms with Crippen LogP contribution in [0.25, 0.3) is 44.2 Å². The SMILES string of the molecule is COC(=O)N[C@H](C(=O)N1CCC[C@H]1c1nc2c(ccc3cc(-c4ccc(-c5cnc([C@@H]6CCCN6C(=O)[C@@H](C)C(C)C)[nH]5)cc4)ccc32)[nH]1)C(C)C.S.S.S.S. The van der Waals surface area contributed by atoms with Gasteiger partial charge in [0.05, 0.1) is 42.1 Å². The predicted octanol–water partition coefficient (Wildman–Crippen LogP) is 8.22. The van der Waals surface area contributed by atoms with Crippen LogP contribution in [-0.2, 0) is 14.3 Å². The number of ether oxygens (including phenoxy) is 1. The van der Waals surface area contributed by atoms with Crippen molar-refractivity contribution in [2.24, 2.45) is 17.8 Å². The first kappa shape index (κ1) is 46.6. The Kier molecular flexibility index (Phi) is 16.3. The molecule has 4 atom stereocenters. The van der Waals surface area contributed by atoms with Crippen molar-refractivity contribution in [2.45, 2.75) is 78.4 Å². The lowest BCUT2D eigenvalue weighted by molar-refractivity contribution is -0.137. The molecule has 0 bridgehead atoms. The van der Waals surface area contributed by atoms with Crippen LogP contribution >= 0.6 is 54.0 Å². The Morgan fingerprint density at radius 2 is 1.36 bits per heavy atom. The number of hydrogen-bond donors (Lipinski definition) is 3. The predicted molar refractivity (Wildman–Crippen MR) is 244 cm³/mol. The highest BCUT2D eigenvalue weighted by Crippen LogP contribution is 2.37. The molecule has 5 aromatic rings. The number of likely N-dealkylation sites (tertiary alicyclic amines) is 2. The Labute approximate surface area is 357 Å². The molecule has 3 amide bonds. The summed E-state index contributed by atoms with van der Waals surface area (Å²) in [6, 6.07) is 18.2. The van der Waals surface area contributed by atoms with Crippen molar-refractivity contribution >= 4 is 93.7 Å². The zero-order chi connectivity index (χ0) is 36.7. The highest BCUT2D eigenvalue weighted by Gasteiger charge is 2.38. The number of imidazole rings is 2. The van der Waals surface area contributed by atoms with Crippen molar-refractivity contribution in [3.8, 4) is 22.4 Å². The molecule has 56 heavy (non-hydrogen) atoms. The molecular formula is C41H57N7O4S4. The van der Waals surface area contributed by atoms with E-state index in [0.29, 0.717) is 12.5 Å². The summed E-state index contributed by atoms with van der Waals surface area (Å²) in [5.74, 6) is 1.89. The van der Waals surface area contributed by atoms with E-state index in [0.717, 1.165) is 88.1 Å². The highest BCUT2D eigenvalue weighted by atomic mass is 32.1. The van der Waals surface area contributed by atoms with Crippen LogP contribution in [0.5, 0.6) is 0 Å². The van der Waals surface area contributed by atoms with E-state index in [9.17, 15) is 14.4 Å². The van der Waals surface area contributed by atoms with Gasteiger partial charge in [0.25, 0.3) is 0 Å². The number of H-pyrrole nitrogens is 2. The number of alkyl carbamates (subject to hydrolysis) is 1. The maximum absolute atomic E-state index is 13.6. The molecular weight excluding hydrogens is 783 g/mol. The first-order valence-corrected chi connectivity index (χ1v) is 18.6. The molecule has 0 spiro atoms. The quantitative estimate of drug-likeness (QED) is 0.137. The second kappa shape index (κ2) is 19.6. The number of fused-ring (bicyclic) bond motifs is 3. The van der Waals surface area contributed by atoms with Gasteiger partial charge in [-0.25, -0.2) is 14.8 Å². The Morgan fingerprint density at radius 1 is 0.750 bits per heavy atom. The molecule has 11 nitrogen and oxygen atoms in total. The topological polar surface area (TPSA) is 136 Å². The molecule has 2 saturated heterocycles. The molecule has 2 aliphatic heterocycles. The zero-order valence-corrected chi connectivity index (χ0v) is 36.9. The fourth-order valence-electron chi connectivity index (χ4n) is 7.71. The van der Waals surface area contributed by atoms with E-state index in [-0.39, 0.29) is 89.7 Å². The van der Waals surface area contributed by atoms with Crippen molar-refractivity contribution in [3.05, 3.63) is 72.4 Å². The van der Waals surface area contributed by atoms with Crippen molar-refractivity contribution in [1.82, 2.24) is 35.1 Å². The number of amides is 3. The molecule has 0 radical (unpaired) electrons. The molecule has 2 aliphatic rings. The number of methoxy groups -OCH3 is 1. The van der Waals surface area contributed by atoms with Gasteiger partial charge in [0, 0.05) is 24.4 Å². The number of benzene rings is 3. The van der Waals surface area contributed by atoms with Gasteiger partial charge in [0.2, 0.25) is 11.8 Å². The molecule has 2 fully saturated rings. The summed E-state index contributed by atoms with van der Waals surface area (Å²) in [6.07, 6.45) is 4.82. The van der Waals surface area contributed by atoms with Gasteiger partial charge in [-0.15, -0.1) is 0 Å². The van der Waals surface area contributed by atoms with Crippen LogP contribution in [0.1, 0.15) is 84.0 Å². The van der Waals surface area contributed by atoms with Crippen LogP contribution in [0.15, 0.2) is 60.8 Å². The van der Waals surface area contributed by atoms with Crippen LogP contribution in [0, 0.1) is 17.8 Å². The average molecular weight is 840 g/mol. The Hall–Kier alpha value is -3.79. The van der Waals surface area contributed by atoms with Gasteiger partial charge >= 0.3 is 6.09 Å². The monoisotopic (exact) mass is 839 g/mol. The average Bonchev–Trinajstić information content (AvgIpc) is 3.98. The Bertz CT molecular complexity index is 2120. The molecule has 4 heterocycles. The van der Waals surface area contributed by atoms with Crippen molar-refractivity contribution < 1.29 is 19.1 Å². The number of nitrogens with one attached hydrogen (secondary N) is 3. The van der Waals surface area contributed by atoms with Gasteiger partial charge in [0.15, 0.2) is 0 Å². The molecule has 3 aromatic carbocycles. The van der Waals surface area contributed by atoms with Gasteiger partial charge in [-0.1, -0.05) is 77.1 Å². The third-order valence-corrected chi connectivity index (χ3v) is 11.1. The fraction of sp³-hybridized carbons (Fsp3) is 0.439. The Balaban J connectivity index is 0.00000210. The molecule has 3 N–H and O–H groups in total. The van der Waals surface area contributed by atoms with Crippen LogP contribution in [-0.4, -0.2) is 73.9 Å². The standard InChI is InChI=1S/C41H49N7O4.4H2S/c1-23(2)25(5)39(49)47-19-7-9-33(47)37-42-22-32(44-37)27-13-11-26(12-14-27)28-15-17-30-29(21-28)16-18-31-36(30)45-38(43-31)34-10-8-20-48(34)40(50)35(24(3)4)46-41(51)52-6;;;;/h11-18,21-25,33-35H,7-10,19-20H2,1-6H3,(H,42,44)(H,43,45)(H,46,51);4*1H2/t25-,33-,34-,35-;;;;/m0..../s1. The van der Waals surface area contributed by atoms with Gasteiger partial charge in [-0.05, 0) is 71.7 Å². The van der Waals surface area contributed by atoms with Crippen LogP contribution in [0.3, 0.4) is 0 Å². The molecule has 304 valence electrons. The van der Waals surface area contributed by atoms with Crippen molar-refractivity contribution in [3.63, 3.8) is 0 Å². The van der Waals surface area contributed by atoms with Gasteiger partial charge in [-0.2, -0.15) is 54.0 Å². The number of rotatable bonds is 9. The summed E-state index contributed by atoms with van der Waals surface area (Å²) >= 11 is 0. The first-order chi connectivity index (χ1) is 25.0. The van der Waals surface area contributed by atoms with E-state index < -0.39 is 12.1 Å². The summed E-state index contributed by atoms with van der Waals surface area (Å²) in [7, 11) is 1.30. The lowest BCUT2D eigenvalue weighted by Crippen LogP contribution is -2.51. The molecule has 2 aromatic heterocycles. The van der Waals surface area contributed by atoms with Crippen molar-refractivity contribution in [2.75, 3.05) is 20.2 Å². The number of aromatic nitrogens is 4. The number of hydrogen-bond acceptors (Lipinski definition) is 6. The van der Waals surface area contributed by atoms with Gasteiger partial charge < -0.3 is 29.8 Å². The molecule has 0 saturated carbocycles. The minimum atomic E-state index is -0.680. The molecule has 15 heteroatoms. The van der Waals surface area contributed by atoms with E-state index in [1.54, 1.807) is 0 Å². The highest BCUT2D eigenvalue weighted by molar-refractivity contribution is 7.59. The second-order valence-electron chi connectivity index (χ2n) is 15.0. The normalized spacial score (nSPS) is 17.5. The number of carbonyl (C=O) groups is 3. The summed E-state index contributed by atoms with van der Waals surface area (Å²) in [5.41, 5.74) is 5.98. The number of nitrogens with zero attached hydrogens (tertiary/aromatic N) is 4.